The minimum atomic E-state index is -0.546. The molecule has 0 aromatic heterocycles. The van der Waals surface area contributed by atoms with Gasteiger partial charge in [0.25, 0.3) is 0 Å². The summed E-state index contributed by atoms with van der Waals surface area (Å²) in [7, 11) is 0. The Kier molecular flexibility index (Phi) is 3.86. The molecule has 1 unspecified atom stereocenters. The molecule has 2 amide bonds. The van der Waals surface area contributed by atoms with Gasteiger partial charge >= 0.3 is 0 Å². The molecule has 2 N–H and O–H groups in total. The molecule has 2 aromatic carbocycles. The number of hydrogen-bond donors (Lipinski definition) is 1. The summed E-state index contributed by atoms with van der Waals surface area (Å²) >= 11 is 5.98. The molecule has 1 atom stereocenters. The molecule has 1 saturated heterocycles. The van der Waals surface area contributed by atoms with Crippen LogP contribution in [0.2, 0.25) is 5.02 Å². The molecule has 0 aliphatic carbocycles. The fraction of sp³-hybridized carbons (Fsp3) is 0.176. The quantitative estimate of drug-likeness (QED) is 0.700. The zero-order valence-electron chi connectivity index (χ0n) is 11.8. The zero-order valence-corrected chi connectivity index (χ0v) is 12.6. The second kappa shape index (κ2) is 5.81. The maximum absolute atomic E-state index is 12.6. The number of halogens is 1. The van der Waals surface area contributed by atoms with Gasteiger partial charge in [0.15, 0.2) is 0 Å². The van der Waals surface area contributed by atoms with Crippen LogP contribution in [0.25, 0.3) is 0 Å². The predicted octanol–water partition coefficient (Wildman–Crippen LogP) is 2.96. The number of nitrogens with zero attached hydrogens (tertiary/aromatic N) is 1. The number of amides is 2. The standard InChI is InChI=1S/C17H15ClN2O2/c18-12-6-7-15(19)13(8-12)14-9-16(21)20(17(14)22)10-11-4-2-1-3-5-11/h1-8,14H,9-10,19H2. The smallest absolute Gasteiger partial charge is 0.237 e. The molecular weight excluding hydrogens is 300 g/mol. The van der Waals surface area contributed by atoms with Gasteiger partial charge in [0.1, 0.15) is 0 Å². The molecule has 0 bridgehead atoms. The molecule has 0 saturated carbocycles. The van der Waals surface area contributed by atoms with Gasteiger partial charge in [-0.1, -0.05) is 41.9 Å². The summed E-state index contributed by atoms with van der Waals surface area (Å²) in [6.07, 6.45) is 0.135. The number of carbonyl (C=O) groups excluding carboxylic acids is 2. The van der Waals surface area contributed by atoms with Crippen molar-refractivity contribution in [3.05, 3.63) is 64.7 Å². The number of hydrogen-bond acceptors (Lipinski definition) is 3. The van der Waals surface area contributed by atoms with E-state index in [4.69, 9.17) is 17.3 Å². The lowest BCUT2D eigenvalue weighted by molar-refractivity contribution is -0.139. The van der Waals surface area contributed by atoms with Gasteiger partial charge in [-0.2, -0.15) is 0 Å². The molecule has 2 aromatic rings. The number of nitrogens with two attached hydrogens (primary N) is 1. The van der Waals surface area contributed by atoms with Crippen LogP contribution in [-0.2, 0) is 16.1 Å². The van der Waals surface area contributed by atoms with Crippen molar-refractivity contribution in [2.75, 3.05) is 5.73 Å². The van der Waals surface area contributed by atoms with Crippen molar-refractivity contribution in [3.8, 4) is 0 Å². The molecule has 1 heterocycles. The van der Waals surface area contributed by atoms with Gasteiger partial charge in [0.05, 0.1) is 12.5 Å². The number of benzene rings is 2. The van der Waals surface area contributed by atoms with Crippen LogP contribution < -0.4 is 5.73 Å². The first-order valence-electron chi connectivity index (χ1n) is 6.99. The number of likely N-dealkylation sites (tertiary alicyclic amines) is 1. The first-order valence-corrected chi connectivity index (χ1v) is 7.37. The van der Waals surface area contributed by atoms with Crippen molar-refractivity contribution in [3.63, 3.8) is 0 Å². The Morgan fingerprint density at radius 3 is 2.59 bits per heavy atom. The van der Waals surface area contributed by atoms with Crippen molar-refractivity contribution in [1.29, 1.82) is 0 Å². The summed E-state index contributed by atoms with van der Waals surface area (Å²) in [6.45, 7) is 0.287. The third-order valence-corrected chi connectivity index (χ3v) is 4.09. The van der Waals surface area contributed by atoms with Gasteiger partial charge in [-0.3, -0.25) is 14.5 Å². The number of carbonyl (C=O) groups is 2. The first kappa shape index (κ1) is 14.6. The lowest BCUT2D eigenvalue weighted by Crippen LogP contribution is -2.29. The Bertz CT molecular complexity index is 731. The van der Waals surface area contributed by atoms with Crippen LogP contribution in [0.5, 0.6) is 0 Å². The van der Waals surface area contributed by atoms with E-state index in [0.29, 0.717) is 16.3 Å². The maximum atomic E-state index is 12.6. The molecule has 4 nitrogen and oxygen atoms in total. The minimum Gasteiger partial charge on any atom is -0.398 e. The van der Waals surface area contributed by atoms with Crippen molar-refractivity contribution in [1.82, 2.24) is 4.90 Å². The fourth-order valence-corrected chi connectivity index (χ4v) is 2.89. The average molecular weight is 315 g/mol. The van der Waals surface area contributed by atoms with E-state index in [1.807, 2.05) is 30.3 Å². The van der Waals surface area contributed by atoms with Gasteiger partial charge in [-0.15, -0.1) is 0 Å². The minimum absolute atomic E-state index is 0.135. The molecule has 1 aliphatic rings. The second-order valence-electron chi connectivity index (χ2n) is 5.33. The average Bonchev–Trinajstić information content (AvgIpc) is 2.79. The SMILES string of the molecule is Nc1ccc(Cl)cc1C1CC(=O)N(Cc2ccccc2)C1=O. The van der Waals surface area contributed by atoms with Crippen LogP contribution in [0.15, 0.2) is 48.5 Å². The molecule has 112 valence electrons. The highest BCUT2D eigenvalue weighted by Crippen LogP contribution is 2.35. The lowest BCUT2D eigenvalue weighted by Gasteiger charge is -2.16. The highest BCUT2D eigenvalue weighted by atomic mass is 35.5. The maximum Gasteiger partial charge on any atom is 0.237 e. The van der Waals surface area contributed by atoms with Crippen LogP contribution in [0.4, 0.5) is 5.69 Å². The van der Waals surface area contributed by atoms with Crippen LogP contribution >= 0.6 is 11.6 Å². The lowest BCUT2D eigenvalue weighted by atomic mass is 9.96. The van der Waals surface area contributed by atoms with E-state index >= 15 is 0 Å². The van der Waals surface area contributed by atoms with Gasteiger partial charge in [-0.05, 0) is 29.3 Å². The molecule has 22 heavy (non-hydrogen) atoms. The van der Waals surface area contributed by atoms with Gasteiger partial charge in [-0.25, -0.2) is 0 Å². The second-order valence-corrected chi connectivity index (χ2v) is 5.77. The Labute approximate surface area is 133 Å². The first-order chi connectivity index (χ1) is 10.6. The van der Waals surface area contributed by atoms with E-state index in [0.717, 1.165) is 5.56 Å². The van der Waals surface area contributed by atoms with Gasteiger partial charge < -0.3 is 5.73 Å². The van der Waals surface area contributed by atoms with Gasteiger partial charge in [0, 0.05) is 17.1 Å². The van der Waals surface area contributed by atoms with Crippen molar-refractivity contribution in [2.45, 2.75) is 18.9 Å². The van der Waals surface area contributed by atoms with Crippen molar-refractivity contribution >= 4 is 29.1 Å². The summed E-state index contributed by atoms with van der Waals surface area (Å²) in [5.74, 6) is -0.948. The van der Waals surface area contributed by atoms with E-state index in [1.165, 1.54) is 4.90 Å². The molecular formula is C17H15ClN2O2. The van der Waals surface area contributed by atoms with Crippen molar-refractivity contribution in [2.24, 2.45) is 0 Å². The summed E-state index contributed by atoms with van der Waals surface area (Å²) in [5.41, 5.74) is 7.96. The topological polar surface area (TPSA) is 63.4 Å². The molecule has 0 radical (unpaired) electrons. The molecule has 3 rings (SSSR count). The Morgan fingerprint density at radius 2 is 1.86 bits per heavy atom. The summed E-state index contributed by atoms with van der Waals surface area (Å²) in [6, 6.07) is 14.4. The number of nitrogen functional groups attached to an aromatic ring is 1. The fourth-order valence-electron chi connectivity index (χ4n) is 2.71. The molecule has 1 aliphatic heterocycles. The van der Waals surface area contributed by atoms with Crippen LogP contribution in [0.1, 0.15) is 23.5 Å². The molecule has 1 fully saturated rings. The highest BCUT2D eigenvalue weighted by Gasteiger charge is 2.40. The summed E-state index contributed by atoms with van der Waals surface area (Å²) < 4.78 is 0. The monoisotopic (exact) mass is 314 g/mol. The van der Waals surface area contributed by atoms with E-state index in [2.05, 4.69) is 0 Å². The van der Waals surface area contributed by atoms with Crippen LogP contribution in [0.3, 0.4) is 0 Å². The Morgan fingerprint density at radius 1 is 1.14 bits per heavy atom. The van der Waals surface area contributed by atoms with E-state index in [9.17, 15) is 9.59 Å². The Hall–Kier alpha value is -2.33. The summed E-state index contributed by atoms with van der Waals surface area (Å²) in [4.78, 5) is 26.1. The zero-order chi connectivity index (χ0) is 15.7. The van der Waals surface area contributed by atoms with E-state index in [1.54, 1.807) is 18.2 Å². The number of rotatable bonds is 3. The summed E-state index contributed by atoms with van der Waals surface area (Å²) in [5, 5.41) is 0.506. The molecule has 0 spiro atoms. The Balaban J connectivity index is 1.87. The normalized spacial score (nSPS) is 18.0. The number of anilines is 1. The predicted molar refractivity (Wildman–Crippen MR) is 85.2 cm³/mol. The number of imide groups is 1. The van der Waals surface area contributed by atoms with Gasteiger partial charge in [0.2, 0.25) is 11.8 Å². The van der Waals surface area contributed by atoms with Crippen LogP contribution in [0, 0.1) is 0 Å². The van der Waals surface area contributed by atoms with E-state index in [-0.39, 0.29) is 24.8 Å². The van der Waals surface area contributed by atoms with Crippen LogP contribution in [-0.4, -0.2) is 16.7 Å². The largest absolute Gasteiger partial charge is 0.398 e. The van der Waals surface area contributed by atoms with E-state index < -0.39 is 5.92 Å². The third kappa shape index (κ3) is 2.70. The third-order valence-electron chi connectivity index (χ3n) is 3.85. The molecule has 5 heteroatoms. The van der Waals surface area contributed by atoms with Crippen molar-refractivity contribution < 1.29 is 9.59 Å². The highest BCUT2D eigenvalue weighted by molar-refractivity contribution is 6.30.